The summed E-state index contributed by atoms with van der Waals surface area (Å²) in [5.74, 6) is -1.69. The lowest BCUT2D eigenvalue weighted by Crippen LogP contribution is -3.17. The van der Waals surface area contributed by atoms with Crippen LogP contribution in [-0.4, -0.2) is 25.0 Å². The molecule has 130 valence electrons. The molecule has 0 fully saturated rings. The van der Waals surface area contributed by atoms with Crippen molar-refractivity contribution in [1.82, 2.24) is 0 Å². The van der Waals surface area contributed by atoms with E-state index in [1.165, 1.54) is 17.2 Å². The largest absolute Gasteiger partial charge is 0.321 e. The van der Waals surface area contributed by atoms with Gasteiger partial charge < -0.3 is 10.2 Å². The van der Waals surface area contributed by atoms with Crippen LogP contribution in [0.1, 0.15) is 18.9 Å². The van der Waals surface area contributed by atoms with Crippen molar-refractivity contribution >= 4 is 17.2 Å². The molecule has 0 saturated heterocycles. The molecule has 2 atom stereocenters. The molecule has 0 aliphatic carbocycles. The van der Waals surface area contributed by atoms with Gasteiger partial charge in [0.05, 0.1) is 18.8 Å². The highest BCUT2D eigenvalue weighted by molar-refractivity contribution is 5.93. The molecule has 0 aromatic heterocycles. The third-order valence-corrected chi connectivity index (χ3v) is 4.67. The van der Waals surface area contributed by atoms with Gasteiger partial charge in [0.2, 0.25) is 0 Å². The second-order valence-electron chi connectivity index (χ2n) is 6.29. The van der Waals surface area contributed by atoms with E-state index in [0.717, 1.165) is 36.5 Å². The Morgan fingerprint density at radius 1 is 1.16 bits per heavy atom. The van der Waals surface area contributed by atoms with Crippen molar-refractivity contribution in [3.05, 3.63) is 71.8 Å². The Bertz CT molecular complexity index is 790. The van der Waals surface area contributed by atoms with Crippen LogP contribution in [0.2, 0.25) is 0 Å². The Balaban J connectivity index is 1.63. The first-order chi connectivity index (χ1) is 12.0. The second-order valence-corrected chi connectivity index (χ2v) is 6.29. The van der Waals surface area contributed by atoms with Crippen LogP contribution in [0.15, 0.2) is 54.6 Å². The van der Waals surface area contributed by atoms with Crippen LogP contribution in [-0.2, 0) is 4.79 Å². The molecular weight excluding hydrogens is 322 g/mol. The Kier molecular flexibility index (Phi) is 5.24. The predicted molar refractivity (Wildman–Crippen MR) is 94.2 cm³/mol. The molecule has 25 heavy (non-hydrogen) atoms. The van der Waals surface area contributed by atoms with Crippen LogP contribution < -0.4 is 10.2 Å². The number of carbonyl (C=O) groups excluding carboxylic acids is 1. The molecule has 3 nitrogen and oxygen atoms in total. The number of quaternary nitrogens is 1. The average molecular weight is 343 g/mol. The van der Waals surface area contributed by atoms with E-state index in [4.69, 9.17) is 0 Å². The van der Waals surface area contributed by atoms with E-state index in [2.05, 4.69) is 23.5 Å². The van der Waals surface area contributed by atoms with Gasteiger partial charge in [-0.3, -0.25) is 4.79 Å². The predicted octanol–water partition coefficient (Wildman–Crippen LogP) is 2.66. The van der Waals surface area contributed by atoms with Gasteiger partial charge in [0, 0.05) is 12.5 Å². The van der Waals surface area contributed by atoms with E-state index >= 15 is 0 Å². The number of rotatable bonds is 4. The van der Waals surface area contributed by atoms with Crippen molar-refractivity contribution in [2.75, 3.05) is 18.4 Å². The summed E-state index contributed by atoms with van der Waals surface area (Å²) in [7, 11) is 0. The summed E-state index contributed by atoms with van der Waals surface area (Å²) in [4.78, 5) is 13.5. The Morgan fingerprint density at radius 3 is 2.56 bits per heavy atom. The smallest absolute Gasteiger partial charge is 0.282 e. The lowest BCUT2D eigenvalue weighted by Gasteiger charge is -2.28. The van der Waals surface area contributed by atoms with Crippen LogP contribution in [0.5, 0.6) is 0 Å². The molecule has 1 amide bonds. The summed E-state index contributed by atoms with van der Waals surface area (Å²) in [5, 5.41) is 2.56. The van der Waals surface area contributed by atoms with Crippen molar-refractivity contribution in [1.29, 1.82) is 0 Å². The molecule has 0 radical (unpaired) electrons. The van der Waals surface area contributed by atoms with Gasteiger partial charge in [-0.05, 0) is 36.3 Å². The molecule has 1 unspecified atom stereocenters. The van der Waals surface area contributed by atoms with Crippen molar-refractivity contribution in [2.45, 2.75) is 19.4 Å². The number of hydrogen-bond acceptors (Lipinski definition) is 1. The summed E-state index contributed by atoms with van der Waals surface area (Å²) < 4.78 is 26.6. The molecule has 5 heteroatoms. The summed E-state index contributed by atoms with van der Waals surface area (Å²) in [6.45, 7) is 3.40. The molecule has 0 spiro atoms. The zero-order valence-electron chi connectivity index (χ0n) is 14.1. The van der Waals surface area contributed by atoms with Crippen LogP contribution >= 0.6 is 0 Å². The molecule has 0 bridgehead atoms. The highest BCUT2D eigenvalue weighted by Crippen LogP contribution is 2.18. The van der Waals surface area contributed by atoms with Crippen LogP contribution in [0.25, 0.3) is 5.57 Å². The zero-order valence-corrected chi connectivity index (χ0v) is 14.1. The molecule has 2 N–H and O–H groups in total. The quantitative estimate of drug-likeness (QED) is 0.879. The molecule has 3 rings (SSSR count). The van der Waals surface area contributed by atoms with E-state index < -0.39 is 11.6 Å². The monoisotopic (exact) mass is 343 g/mol. The third kappa shape index (κ3) is 4.12. The first kappa shape index (κ1) is 17.3. The Hall–Kier alpha value is -2.53. The minimum Gasteiger partial charge on any atom is -0.321 e. The van der Waals surface area contributed by atoms with E-state index in [0.29, 0.717) is 0 Å². The Morgan fingerprint density at radius 2 is 1.92 bits per heavy atom. The van der Waals surface area contributed by atoms with Gasteiger partial charge in [-0.2, -0.15) is 0 Å². The maximum absolute atomic E-state index is 13.7. The summed E-state index contributed by atoms with van der Waals surface area (Å²) in [6.07, 6.45) is 3.05. The molecule has 1 heterocycles. The second kappa shape index (κ2) is 7.57. The van der Waals surface area contributed by atoms with E-state index in [-0.39, 0.29) is 17.6 Å². The fourth-order valence-electron chi connectivity index (χ4n) is 3.08. The maximum Gasteiger partial charge on any atom is 0.282 e. The number of hydrogen-bond donors (Lipinski definition) is 2. The number of carbonyl (C=O) groups is 1. The van der Waals surface area contributed by atoms with Crippen LogP contribution in [0.4, 0.5) is 14.5 Å². The molecule has 2 aromatic carbocycles. The van der Waals surface area contributed by atoms with Crippen LogP contribution in [0, 0.1) is 11.6 Å². The van der Waals surface area contributed by atoms with Gasteiger partial charge >= 0.3 is 0 Å². The number of amides is 1. The van der Waals surface area contributed by atoms with Gasteiger partial charge in [-0.15, -0.1) is 0 Å². The maximum atomic E-state index is 13.7. The first-order valence-corrected chi connectivity index (χ1v) is 8.39. The minimum atomic E-state index is -0.763. The third-order valence-electron chi connectivity index (χ3n) is 4.67. The fraction of sp³-hybridized carbons (Fsp3) is 0.250. The SMILES string of the molecule is C[C@@H](C(=O)Nc1ccc(F)cc1F)[NH+]1CC=C(c2ccccc2)CC1. The summed E-state index contributed by atoms with van der Waals surface area (Å²) in [5.41, 5.74) is 2.52. The molecule has 1 aliphatic rings. The number of halogens is 2. The lowest BCUT2D eigenvalue weighted by molar-refractivity contribution is -0.909. The van der Waals surface area contributed by atoms with E-state index in [1.807, 2.05) is 25.1 Å². The first-order valence-electron chi connectivity index (χ1n) is 8.39. The zero-order chi connectivity index (χ0) is 17.8. The normalized spacial score (nSPS) is 18.4. The summed E-state index contributed by atoms with van der Waals surface area (Å²) >= 11 is 0. The Labute approximate surface area is 146 Å². The molecule has 2 aromatic rings. The number of benzene rings is 2. The standard InChI is InChI=1S/C20H20F2N2O/c1-14(20(25)23-19-8-7-17(21)13-18(19)22)24-11-9-16(10-12-24)15-5-3-2-4-6-15/h2-9,13-14H,10-12H2,1H3,(H,23,25)/p+1/t14-/m0/s1. The molecule has 0 saturated carbocycles. The van der Waals surface area contributed by atoms with Gasteiger partial charge in [0.15, 0.2) is 6.04 Å². The average Bonchev–Trinajstić information content (AvgIpc) is 2.64. The van der Waals surface area contributed by atoms with Gasteiger partial charge in [-0.1, -0.05) is 30.3 Å². The lowest BCUT2D eigenvalue weighted by atomic mass is 9.99. The van der Waals surface area contributed by atoms with Crippen molar-refractivity contribution in [3.8, 4) is 0 Å². The summed E-state index contributed by atoms with van der Waals surface area (Å²) in [6, 6.07) is 13.0. The van der Waals surface area contributed by atoms with Crippen molar-refractivity contribution in [3.63, 3.8) is 0 Å². The van der Waals surface area contributed by atoms with Crippen molar-refractivity contribution in [2.24, 2.45) is 0 Å². The van der Waals surface area contributed by atoms with Gasteiger partial charge in [0.25, 0.3) is 5.91 Å². The molecular formula is C20H21F2N2O+. The number of anilines is 1. The highest BCUT2D eigenvalue weighted by atomic mass is 19.1. The van der Waals surface area contributed by atoms with E-state index in [9.17, 15) is 13.6 Å². The molecule has 1 aliphatic heterocycles. The highest BCUT2D eigenvalue weighted by Gasteiger charge is 2.27. The van der Waals surface area contributed by atoms with Gasteiger partial charge in [-0.25, -0.2) is 8.78 Å². The fourth-order valence-corrected chi connectivity index (χ4v) is 3.08. The minimum absolute atomic E-state index is 0.00942. The topological polar surface area (TPSA) is 33.5 Å². The van der Waals surface area contributed by atoms with E-state index in [1.54, 1.807) is 0 Å². The van der Waals surface area contributed by atoms with Crippen LogP contribution in [0.3, 0.4) is 0 Å². The number of nitrogens with one attached hydrogen (secondary N) is 2. The van der Waals surface area contributed by atoms with Crippen molar-refractivity contribution < 1.29 is 18.5 Å². The van der Waals surface area contributed by atoms with Gasteiger partial charge in [0.1, 0.15) is 11.6 Å².